The van der Waals surface area contributed by atoms with Crippen LogP contribution in [0, 0.1) is 17.3 Å². The molecule has 2 rings (SSSR count). The molecule has 0 aromatic rings. The first kappa shape index (κ1) is 11.9. The second-order valence-electron chi connectivity index (χ2n) is 4.56. The zero-order chi connectivity index (χ0) is 12.6. The van der Waals surface area contributed by atoms with Crippen molar-refractivity contribution in [3.63, 3.8) is 0 Å². The molecule has 1 saturated heterocycles. The van der Waals surface area contributed by atoms with E-state index in [0.29, 0.717) is 19.4 Å². The minimum Gasteiger partial charge on any atom is -0.468 e. The van der Waals surface area contributed by atoms with E-state index in [-0.39, 0.29) is 11.8 Å². The van der Waals surface area contributed by atoms with E-state index in [1.165, 1.54) is 7.11 Å². The van der Waals surface area contributed by atoms with Crippen molar-refractivity contribution in [2.45, 2.75) is 12.8 Å². The molecule has 0 N–H and O–H groups in total. The maximum Gasteiger partial charge on any atom is 0.324 e. The molecule has 0 aromatic heterocycles. The van der Waals surface area contributed by atoms with Gasteiger partial charge in [0.2, 0.25) is 0 Å². The van der Waals surface area contributed by atoms with Gasteiger partial charge in [-0.25, -0.2) is 0 Å². The number of allylic oxidation sites excluding steroid dienone is 2. The Bertz CT molecular complexity index is 388. The molecule has 1 aliphatic heterocycles. The van der Waals surface area contributed by atoms with Crippen molar-refractivity contribution < 1.29 is 19.1 Å². The average Bonchev–Trinajstić information content (AvgIpc) is 2.64. The van der Waals surface area contributed by atoms with Crippen LogP contribution in [-0.2, 0) is 19.1 Å². The number of methoxy groups -OCH3 is 1. The van der Waals surface area contributed by atoms with Crippen LogP contribution in [0.5, 0.6) is 0 Å². The number of carbonyl (C=O) groups excluding carboxylic acids is 2. The lowest BCUT2D eigenvalue weighted by molar-refractivity contribution is -0.179. The summed E-state index contributed by atoms with van der Waals surface area (Å²) in [4.78, 5) is 24.0. The first-order chi connectivity index (χ1) is 8.07. The van der Waals surface area contributed by atoms with Crippen molar-refractivity contribution in [3.8, 4) is 0 Å². The molecular formula is C13H16O4. The van der Waals surface area contributed by atoms with E-state index in [1.54, 1.807) is 6.08 Å². The number of hydrogen-bond acceptors (Lipinski definition) is 4. The van der Waals surface area contributed by atoms with Crippen molar-refractivity contribution in [1.82, 2.24) is 0 Å². The molecule has 0 unspecified atom stereocenters. The summed E-state index contributed by atoms with van der Waals surface area (Å²) in [5.41, 5.74) is -0.301. The van der Waals surface area contributed by atoms with Crippen LogP contribution in [0.25, 0.3) is 0 Å². The van der Waals surface area contributed by atoms with Gasteiger partial charge in [0.05, 0.1) is 13.7 Å². The molecule has 2 aliphatic rings. The van der Waals surface area contributed by atoms with Crippen LogP contribution in [0.3, 0.4) is 0 Å². The summed E-state index contributed by atoms with van der Waals surface area (Å²) in [5, 5.41) is 0. The van der Waals surface area contributed by atoms with Gasteiger partial charge in [-0.15, -0.1) is 6.58 Å². The van der Waals surface area contributed by atoms with Crippen molar-refractivity contribution in [2.24, 2.45) is 17.3 Å². The number of fused-ring (bicyclic) bond motifs is 1. The third-order valence-corrected chi connectivity index (χ3v) is 3.90. The fourth-order valence-corrected chi connectivity index (χ4v) is 2.98. The van der Waals surface area contributed by atoms with Gasteiger partial charge >= 0.3 is 11.9 Å². The Kier molecular flexibility index (Phi) is 2.81. The topological polar surface area (TPSA) is 52.6 Å². The lowest BCUT2D eigenvalue weighted by Crippen LogP contribution is -2.48. The van der Waals surface area contributed by atoms with Gasteiger partial charge in [-0.05, 0) is 18.8 Å². The minimum absolute atomic E-state index is 0.0234. The quantitative estimate of drug-likeness (QED) is 0.414. The summed E-state index contributed by atoms with van der Waals surface area (Å²) in [6.45, 7) is 8.07. The Labute approximate surface area is 100 Å². The van der Waals surface area contributed by atoms with Gasteiger partial charge in [-0.2, -0.15) is 0 Å². The first-order valence-corrected chi connectivity index (χ1v) is 5.64. The third kappa shape index (κ3) is 1.43. The summed E-state index contributed by atoms with van der Waals surface area (Å²) in [5.74, 6) is -1.20. The van der Waals surface area contributed by atoms with Crippen LogP contribution in [0.4, 0.5) is 0 Å². The number of ether oxygens (including phenoxy) is 2. The van der Waals surface area contributed by atoms with Crippen molar-refractivity contribution in [3.05, 3.63) is 24.8 Å². The van der Waals surface area contributed by atoms with Gasteiger partial charge in [-0.3, -0.25) is 9.59 Å². The van der Waals surface area contributed by atoms with Gasteiger partial charge in [0.25, 0.3) is 0 Å². The molecule has 92 valence electrons. The van der Waals surface area contributed by atoms with Gasteiger partial charge < -0.3 is 9.47 Å². The van der Waals surface area contributed by atoms with E-state index in [0.717, 1.165) is 5.57 Å². The maximum atomic E-state index is 12.0. The van der Waals surface area contributed by atoms with Gasteiger partial charge in [-0.1, -0.05) is 18.2 Å². The van der Waals surface area contributed by atoms with E-state index in [4.69, 9.17) is 9.47 Å². The molecule has 2 fully saturated rings. The van der Waals surface area contributed by atoms with Gasteiger partial charge in [0, 0.05) is 5.92 Å². The van der Waals surface area contributed by atoms with E-state index in [2.05, 4.69) is 13.2 Å². The van der Waals surface area contributed by atoms with E-state index in [9.17, 15) is 9.59 Å². The normalized spacial score (nSPS) is 36.1. The molecule has 17 heavy (non-hydrogen) atoms. The highest BCUT2D eigenvalue weighted by Crippen LogP contribution is 2.54. The van der Waals surface area contributed by atoms with Crippen molar-refractivity contribution in [1.29, 1.82) is 0 Å². The molecule has 0 aromatic carbocycles. The SMILES string of the molecule is C=C[C@H]1C[C@@]2(C(=O)OC)C(=O)OCC[C@H]2C1=C. The fourth-order valence-electron chi connectivity index (χ4n) is 2.98. The summed E-state index contributed by atoms with van der Waals surface area (Å²) in [6.07, 6.45) is 2.73. The molecule has 0 spiro atoms. The molecule has 0 bridgehead atoms. The van der Waals surface area contributed by atoms with Crippen molar-refractivity contribution >= 4 is 11.9 Å². The maximum absolute atomic E-state index is 12.0. The molecule has 1 saturated carbocycles. The van der Waals surface area contributed by atoms with Gasteiger partial charge in [0.15, 0.2) is 5.41 Å². The standard InChI is InChI=1S/C13H16O4/c1-4-9-7-13(11(14)16-3)10(8(9)2)5-6-17-12(13)15/h4,9-10H,1-2,5-7H2,3H3/t9-,10-,13+/m0/s1. The van der Waals surface area contributed by atoms with E-state index >= 15 is 0 Å². The molecule has 1 heterocycles. The number of carbonyl (C=O) groups is 2. The molecule has 4 heteroatoms. The average molecular weight is 236 g/mol. The van der Waals surface area contributed by atoms with Crippen LogP contribution in [0.1, 0.15) is 12.8 Å². The highest BCUT2D eigenvalue weighted by molar-refractivity contribution is 6.02. The van der Waals surface area contributed by atoms with Crippen LogP contribution in [-0.4, -0.2) is 25.7 Å². The Balaban J connectivity index is 2.47. The highest BCUT2D eigenvalue weighted by Gasteiger charge is 2.62. The molecule has 0 amide bonds. The Morgan fingerprint density at radius 3 is 2.94 bits per heavy atom. The summed E-state index contributed by atoms with van der Waals surface area (Å²) in [7, 11) is 1.29. The van der Waals surface area contributed by atoms with Crippen LogP contribution >= 0.6 is 0 Å². The lowest BCUT2D eigenvalue weighted by Gasteiger charge is -2.34. The second-order valence-corrected chi connectivity index (χ2v) is 4.56. The summed E-state index contributed by atoms with van der Waals surface area (Å²) < 4.78 is 9.83. The van der Waals surface area contributed by atoms with Gasteiger partial charge in [0.1, 0.15) is 0 Å². The predicted molar refractivity (Wildman–Crippen MR) is 61.0 cm³/mol. The minimum atomic E-state index is -1.19. The number of cyclic esters (lactones) is 1. The zero-order valence-electron chi connectivity index (χ0n) is 9.90. The molecule has 3 atom stereocenters. The largest absolute Gasteiger partial charge is 0.468 e. The number of hydrogen-bond donors (Lipinski definition) is 0. The Morgan fingerprint density at radius 2 is 2.35 bits per heavy atom. The lowest BCUT2D eigenvalue weighted by atomic mass is 9.74. The van der Waals surface area contributed by atoms with E-state index in [1.807, 2.05) is 0 Å². The van der Waals surface area contributed by atoms with E-state index < -0.39 is 17.4 Å². The predicted octanol–water partition coefficient (Wildman–Crippen LogP) is 1.47. The van der Waals surface area contributed by atoms with Crippen molar-refractivity contribution in [2.75, 3.05) is 13.7 Å². The summed E-state index contributed by atoms with van der Waals surface area (Å²) >= 11 is 0. The first-order valence-electron chi connectivity index (χ1n) is 5.64. The smallest absolute Gasteiger partial charge is 0.324 e. The molecular weight excluding hydrogens is 220 g/mol. The number of rotatable bonds is 2. The highest BCUT2D eigenvalue weighted by atomic mass is 16.6. The fraction of sp³-hybridized carbons (Fsp3) is 0.538. The Hall–Kier alpha value is -1.58. The molecule has 0 radical (unpaired) electrons. The van der Waals surface area contributed by atoms with Crippen LogP contribution in [0.15, 0.2) is 24.8 Å². The second kappa shape index (κ2) is 4.02. The third-order valence-electron chi connectivity index (χ3n) is 3.90. The zero-order valence-corrected chi connectivity index (χ0v) is 9.90. The monoisotopic (exact) mass is 236 g/mol. The molecule has 4 nitrogen and oxygen atoms in total. The number of esters is 2. The van der Waals surface area contributed by atoms with Crippen LogP contribution in [0.2, 0.25) is 0 Å². The molecule has 1 aliphatic carbocycles. The van der Waals surface area contributed by atoms with Crippen LogP contribution < -0.4 is 0 Å². The summed E-state index contributed by atoms with van der Waals surface area (Å²) in [6, 6.07) is 0. The Morgan fingerprint density at radius 1 is 1.65 bits per heavy atom.